The fraction of sp³-hybridized carbons (Fsp3) is 0.368. The lowest BCUT2D eigenvalue weighted by Gasteiger charge is -2.11. The van der Waals surface area contributed by atoms with Gasteiger partial charge in [-0.25, -0.2) is 5.10 Å². The summed E-state index contributed by atoms with van der Waals surface area (Å²) in [4.78, 5) is 35.6. The molecule has 0 fully saturated rings. The van der Waals surface area contributed by atoms with Crippen LogP contribution in [0.25, 0.3) is 0 Å². The Morgan fingerprint density at radius 2 is 1.85 bits per heavy atom. The van der Waals surface area contributed by atoms with E-state index in [1.54, 1.807) is 31.2 Å². The van der Waals surface area contributed by atoms with Crippen LogP contribution in [0.1, 0.15) is 48.0 Å². The van der Waals surface area contributed by atoms with Crippen molar-refractivity contribution in [1.29, 1.82) is 0 Å². The molecule has 3 N–H and O–H groups in total. The van der Waals surface area contributed by atoms with Crippen LogP contribution in [0.15, 0.2) is 29.1 Å². The number of hydrogen-bond acceptors (Lipinski definition) is 4. The van der Waals surface area contributed by atoms with Crippen LogP contribution in [0.5, 0.6) is 0 Å². The van der Waals surface area contributed by atoms with E-state index in [2.05, 4.69) is 15.5 Å². The first-order valence-electron chi connectivity index (χ1n) is 8.60. The van der Waals surface area contributed by atoms with Gasteiger partial charge in [0.15, 0.2) is 0 Å². The number of carboxylic acid groups (broad SMARTS) is 1. The van der Waals surface area contributed by atoms with Crippen molar-refractivity contribution >= 4 is 17.6 Å². The van der Waals surface area contributed by atoms with Gasteiger partial charge >= 0.3 is 5.97 Å². The predicted molar refractivity (Wildman–Crippen MR) is 98.5 cm³/mol. The number of carbonyl (C=O) groups excluding carboxylic acids is 1. The van der Waals surface area contributed by atoms with Crippen molar-refractivity contribution in [2.75, 3.05) is 5.32 Å². The van der Waals surface area contributed by atoms with E-state index in [4.69, 9.17) is 5.11 Å². The number of nitrogens with zero attached hydrogens (tertiary/aromatic N) is 1. The van der Waals surface area contributed by atoms with Crippen LogP contribution >= 0.6 is 0 Å². The Labute approximate surface area is 151 Å². The Kier molecular flexibility index (Phi) is 6.27. The summed E-state index contributed by atoms with van der Waals surface area (Å²) >= 11 is 0. The van der Waals surface area contributed by atoms with Gasteiger partial charge in [0, 0.05) is 5.69 Å². The second-order valence-electron chi connectivity index (χ2n) is 6.15. The highest BCUT2D eigenvalue weighted by atomic mass is 16.4. The summed E-state index contributed by atoms with van der Waals surface area (Å²) in [6, 6.07) is 6.93. The fourth-order valence-electron chi connectivity index (χ4n) is 2.80. The average Bonchev–Trinajstić information content (AvgIpc) is 2.62. The van der Waals surface area contributed by atoms with Gasteiger partial charge in [0.1, 0.15) is 5.56 Å². The Morgan fingerprint density at radius 1 is 1.19 bits per heavy atom. The largest absolute Gasteiger partial charge is 0.481 e. The van der Waals surface area contributed by atoms with E-state index >= 15 is 0 Å². The van der Waals surface area contributed by atoms with Crippen LogP contribution in [0.4, 0.5) is 5.69 Å². The van der Waals surface area contributed by atoms with Gasteiger partial charge in [0.2, 0.25) is 0 Å². The lowest BCUT2D eigenvalue weighted by atomic mass is 10.0. The minimum Gasteiger partial charge on any atom is -0.481 e. The van der Waals surface area contributed by atoms with Crippen molar-refractivity contribution in [2.45, 2.75) is 40.0 Å². The van der Waals surface area contributed by atoms with Crippen molar-refractivity contribution in [3.05, 3.63) is 57.0 Å². The topological polar surface area (TPSA) is 112 Å². The molecule has 1 aromatic heterocycles. The smallest absolute Gasteiger partial charge is 0.306 e. The third kappa shape index (κ3) is 4.36. The quantitative estimate of drug-likeness (QED) is 0.704. The number of carbonyl (C=O) groups is 2. The van der Waals surface area contributed by atoms with Crippen LogP contribution < -0.4 is 10.9 Å². The highest BCUT2D eigenvalue weighted by Gasteiger charge is 2.19. The van der Waals surface area contributed by atoms with Crippen LogP contribution in [0.3, 0.4) is 0 Å². The minimum absolute atomic E-state index is 0.0860. The molecular formula is C19H23N3O4. The Bertz CT molecular complexity index is 856. The summed E-state index contributed by atoms with van der Waals surface area (Å²) in [5, 5.41) is 18.1. The number of benzene rings is 1. The van der Waals surface area contributed by atoms with Crippen molar-refractivity contribution in [1.82, 2.24) is 10.2 Å². The zero-order valence-electron chi connectivity index (χ0n) is 15.1. The monoisotopic (exact) mass is 357 g/mol. The van der Waals surface area contributed by atoms with E-state index in [1.165, 1.54) is 0 Å². The molecular weight excluding hydrogens is 334 g/mol. The zero-order chi connectivity index (χ0) is 19.3. The second kappa shape index (κ2) is 8.42. The van der Waals surface area contributed by atoms with E-state index < -0.39 is 23.4 Å². The maximum atomic E-state index is 12.6. The molecule has 2 aromatic rings. The van der Waals surface area contributed by atoms with Crippen LogP contribution in [0.2, 0.25) is 0 Å². The van der Waals surface area contributed by atoms with E-state index in [0.29, 0.717) is 36.2 Å². The van der Waals surface area contributed by atoms with E-state index in [-0.39, 0.29) is 5.56 Å². The van der Waals surface area contributed by atoms with Gasteiger partial charge in [-0.2, -0.15) is 5.10 Å². The fourth-order valence-corrected chi connectivity index (χ4v) is 2.80. The zero-order valence-corrected chi connectivity index (χ0v) is 15.1. The molecule has 26 heavy (non-hydrogen) atoms. The Morgan fingerprint density at radius 3 is 2.38 bits per heavy atom. The molecule has 0 aliphatic rings. The molecule has 0 radical (unpaired) electrons. The van der Waals surface area contributed by atoms with E-state index in [0.717, 1.165) is 5.56 Å². The molecule has 1 unspecified atom stereocenters. The van der Waals surface area contributed by atoms with Gasteiger partial charge in [0.25, 0.3) is 11.5 Å². The lowest BCUT2D eigenvalue weighted by Crippen LogP contribution is -2.27. The predicted octanol–water partition coefficient (Wildman–Crippen LogP) is 2.41. The third-order valence-electron chi connectivity index (χ3n) is 4.26. The summed E-state index contributed by atoms with van der Waals surface area (Å²) in [7, 11) is 0. The molecule has 1 heterocycles. The summed E-state index contributed by atoms with van der Waals surface area (Å²) in [6.07, 6.45) is 1.57. The highest BCUT2D eigenvalue weighted by molar-refractivity contribution is 6.05. The first-order valence-corrected chi connectivity index (χ1v) is 8.60. The molecule has 0 aliphatic heterocycles. The van der Waals surface area contributed by atoms with Crippen LogP contribution in [-0.2, 0) is 24.1 Å². The van der Waals surface area contributed by atoms with Crippen molar-refractivity contribution < 1.29 is 14.7 Å². The van der Waals surface area contributed by atoms with Gasteiger partial charge < -0.3 is 10.4 Å². The number of aromatic amines is 1. The maximum Gasteiger partial charge on any atom is 0.306 e. The van der Waals surface area contributed by atoms with E-state index in [9.17, 15) is 14.4 Å². The van der Waals surface area contributed by atoms with Crippen LogP contribution in [-0.4, -0.2) is 27.2 Å². The third-order valence-corrected chi connectivity index (χ3v) is 4.26. The summed E-state index contributed by atoms with van der Waals surface area (Å²) < 4.78 is 0. The molecule has 0 bridgehead atoms. The van der Waals surface area contributed by atoms with Crippen molar-refractivity contribution in [3.8, 4) is 0 Å². The first kappa shape index (κ1) is 19.4. The SMILES string of the molecule is CCc1n[nH]c(=O)c(C(=O)Nc2ccc(CC(C)C(=O)O)cc2)c1CC. The summed E-state index contributed by atoms with van der Waals surface area (Å²) in [5.41, 5.74) is 2.34. The highest BCUT2D eigenvalue weighted by Crippen LogP contribution is 2.16. The first-order chi connectivity index (χ1) is 12.4. The number of anilines is 1. The van der Waals surface area contributed by atoms with Gasteiger partial charge in [0.05, 0.1) is 11.6 Å². The number of amides is 1. The molecule has 2 rings (SSSR count). The summed E-state index contributed by atoms with van der Waals surface area (Å²) in [6.45, 7) is 5.44. The molecule has 0 saturated carbocycles. The molecule has 1 aromatic carbocycles. The molecule has 138 valence electrons. The standard InChI is InChI=1S/C19H23N3O4/c1-4-14-15(5-2)21-22-18(24)16(14)17(23)20-13-8-6-12(7-9-13)10-11(3)19(25)26/h6-9,11H,4-5,10H2,1-3H3,(H,20,23)(H,22,24)(H,25,26). The molecule has 0 spiro atoms. The molecule has 7 heteroatoms. The number of nitrogens with one attached hydrogen (secondary N) is 2. The number of aliphatic carboxylic acids is 1. The van der Waals surface area contributed by atoms with Crippen LogP contribution in [0, 0.1) is 5.92 Å². The van der Waals surface area contributed by atoms with Crippen molar-refractivity contribution in [3.63, 3.8) is 0 Å². The van der Waals surface area contributed by atoms with Gasteiger partial charge in [-0.3, -0.25) is 14.4 Å². The minimum atomic E-state index is -0.849. The molecule has 1 atom stereocenters. The number of aryl methyl sites for hydroxylation is 1. The maximum absolute atomic E-state index is 12.6. The Hall–Kier alpha value is -2.96. The lowest BCUT2D eigenvalue weighted by molar-refractivity contribution is -0.141. The number of H-pyrrole nitrogens is 1. The van der Waals surface area contributed by atoms with Gasteiger partial charge in [-0.1, -0.05) is 32.9 Å². The van der Waals surface area contributed by atoms with E-state index in [1.807, 2.05) is 13.8 Å². The number of carboxylic acids is 1. The molecule has 1 amide bonds. The van der Waals surface area contributed by atoms with Gasteiger partial charge in [-0.15, -0.1) is 0 Å². The number of hydrogen-bond donors (Lipinski definition) is 3. The Balaban J connectivity index is 2.21. The number of rotatable bonds is 7. The normalized spacial score (nSPS) is 11.8. The van der Waals surface area contributed by atoms with Crippen molar-refractivity contribution in [2.24, 2.45) is 5.92 Å². The molecule has 0 saturated heterocycles. The molecule has 0 aliphatic carbocycles. The average molecular weight is 357 g/mol. The summed E-state index contributed by atoms with van der Waals surface area (Å²) in [5.74, 6) is -1.81. The second-order valence-corrected chi connectivity index (χ2v) is 6.15. The number of aromatic nitrogens is 2. The van der Waals surface area contributed by atoms with Gasteiger partial charge in [-0.05, 0) is 42.5 Å². The molecule has 7 nitrogen and oxygen atoms in total.